The van der Waals surface area contributed by atoms with Gasteiger partial charge in [-0.3, -0.25) is 9.59 Å². The van der Waals surface area contributed by atoms with Crippen molar-refractivity contribution in [3.63, 3.8) is 0 Å². The van der Waals surface area contributed by atoms with E-state index >= 15 is 0 Å². The lowest BCUT2D eigenvalue weighted by Crippen LogP contribution is -2.42. The highest BCUT2D eigenvalue weighted by molar-refractivity contribution is 5.85. The van der Waals surface area contributed by atoms with Crippen molar-refractivity contribution in [3.8, 4) is 0 Å². The second-order valence-electron chi connectivity index (χ2n) is 4.80. The van der Waals surface area contributed by atoms with Crippen LogP contribution in [0.3, 0.4) is 0 Å². The Hall–Kier alpha value is -0.860. The van der Waals surface area contributed by atoms with Gasteiger partial charge in [0.2, 0.25) is 0 Å². The van der Waals surface area contributed by atoms with Crippen molar-refractivity contribution in [3.05, 3.63) is 0 Å². The lowest BCUT2D eigenvalue weighted by molar-refractivity contribution is -0.156. The summed E-state index contributed by atoms with van der Waals surface area (Å²) in [5.74, 6) is 0.328. The van der Waals surface area contributed by atoms with Gasteiger partial charge in [0.25, 0.3) is 0 Å². The van der Waals surface area contributed by atoms with Crippen LogP contribution in [0, 0.1) is 23.7 Å². The lowest BCUT2D eigenvalue weighted by atomic mass is 9.66. The summed E-state index contributed by atoms with van der Waals surface area (Å²) in [5.41, 5.74) is 0. The van der Waals surface area contributed by atoms with E-state index in [1.165, 1.54) is 0 Å². The molecule has 3 nitrogen and oxygen atoms in total. The molecule has 1 aliphatic carbocycles. The molecule has 16 heavy (non-hydrogen) atoms. The summed E-state index contributed by atoms with van der Waals surface area (Å²) < 4.78 is 5.10. The number of carbonyl (C=O) groups is 2. The van der Waals surface area contributed by atoms with E-state index in [1.54, 1.807) is 0 Å². The molecule has 1 fully saturated rings. The Balaban J connectivity index is 2.82. The molecule has 0 unspecified atom stereocenters. The van der Waals surface area contributed by atoms with Crippen molar-refractivity contribution < 1.29 is 14.3 Å². The van der Waals surface area contributed by atoms with Crippen LogP contribution < -0.4 is 0 Å². The minimum atomic E-state index is -0.131. The van der Waals surface area contributed by atoms with E-state index < -0.39 is 0 Å². The third-order valence-electron chi connectivity index (χ3n) is 3.75. The van der Waals surface area contributed by atoms with Crippen molar-refractivity contribution in [2.24, 2.45) is 23.7 Å². The molecule has 1 rings (SSSR count). The van der Waals surface area contributed by atoms with Crippen molar-refractivity contribution in [1.82, 2.24) is 0 Å². The molecule has 0 aromatic heterocycles. The van der Waals surface area contributed by atoms with Crippen LogP contribution in [0.2, 0.25) is 0 Å². The SMILES string of the molecule is CCOC(=O)[C@H]1[C@@H](C)[C@@H](CC)C(=O)C[C@H]1C. The predicted octanol–water partition coefficient (Wildman–Crippen LogP) is 2.44. The molecule has 0 N–H and O–H groups in total. The molecule has 3 heteroatoms. The standard InChI is InChI=1S/C13H22O3/c1-5-10-9(4)12(13(15)16-6-2)8(3)7-11(10)14/h8-10,12H,5-7H2,1-4H3/t8-,9+,10-,12-/m1/s1. The molecule has 0 bridgehead atoms. The summed E-state index contributed by atoms with van der Waals surface area (Å²) in [5, 5.41) is 0. The number of esters is 1. The minimum Gasteiger partial charge on any atom is -0.466 e. The molecule has 0 heterocycles. The Bertz CT molecular complexity index is 272. The number of Topliss-reactive ketones (excluding diaryl/α,β-unsaturated/α-hetero) is 1. The highest BCUT2D eigenvalue weighted by Gasteiger charge is 2.43. The number of ketones is 1. The van der Waals surface area contributed by atoms with Crippen LogP contribution in [0.5, 0.6) is 0 Å². The van der Waals surface area contributed by atoms with Gasteiger partial charge in [-0.05, 0) is 25.2 Å². The zero-order valence-corrected chi connectivity index (χ0v) is 10.7. The van der Waals surface area contributed by atoms with Gasteiger partial charge < -0.3 is 4.74 Å². The normalized spacial score (nSPS) is 34.9. The van der Waals surface area contributed by atoms with Crippen LogP contribution in [0.4, 0.5) is 0 Å². The monoisotopic (exact) mass is 226 g/mol. The quantitative estimate of drug-likeness (QED) is 0.694. The van der Waals surface area contributed by atoms with Crippen molar-refractivity contribution in [1.29, 1.82) is 0 Å². The van der Waals surface area contributed by atoms with Crippen LogP contribution in [0.25, 0.3) is 0 Å². The Labute approximate surface area is 97.5 Å². The second-order valence-corrected chi connectivity index (χ2v) is 4.80. The van der Waals surface area contributed by atoms with Gasteiger partial charge in [-0.25, -0.2) is 0 Å². The first-order chi connectivity index (χ1) is 7.52. The molecule has 92 valence electrons. The van der Waals surface area contributed by atoms with Crippen LogP contribution in [-0.2, 0) is 14.3 Å². The van der Waals surface area contributed by atoms with Gasteiger partial charge in [-0.2, -0.15) is 0 Å². The Morgan fingerprint density at radius 3 is 2.50 bits per heavy atom. The fourth-order valence-electron chi connectivity index (χ4n) is 2.94. The Morgan fingerprint density at radius 2 is 2.00 bits per heavy atom. The molecule has 1 saturated carbocycles. The average Bonchev–Trinajstić information content (AvgIpc) is 2.17. The summed E-state index contributed by atoms with van der Waals surface area (Å²) >= 11 is 0. The van der Waals surface area contributed by atoms with Crippen molar-refractivity contribution in [2.75, 3.05) is 6.61 Å². The minimum absolute atomic E-state index is 0.0330. The maximum Gasteiger partial charge on any atom is 0.309 e. The Kier molecular flexibility index (Phi) is 4.51. The van der Waals surface area contributed by atoms with Gasteiger partial charge in [0, 0.05) is 12.3 Å². The zero-order chi connectivity index (χ0) is 12.3. The maximum atomic E-state index is 11.9. The first-order valence-corrected chi connectivity index (χ1v) is 6.22. The van der Waals surface area contributed by atoms with Gasteiger partial charge in [0.1, 0.15) is 5.78 Å². The van der Waals surface area contributed by atoms with Gasteiger partial charge >= 0.3 is 5.97 Å². The molecule has 4 atom stereocenters. The van der Waals surface area contributed by atoms with Gasteiger partial charge in [0.05, 0.1) is 12.5 Å². The van der Waals surface area contributed by atoms with Gasteiger partial charge in [-0.15, -0.1) is 0 Å². The molecule has 0 aromatic carbocycles. The van der Waals surface area contributed by atoms with E-state index in [-0.39, 0.29) is 29.6 Å². The summed E-state index contributed by atoms with van der Waals surface area (Å²) in [4.78, 5) is 23.7. The van der Waals surface area contributed by atoms with E-state index in [0.717, 1.165) is 6.42 Å². The molecule has 0 aromatic rings. The Morgan fingerprint density at radius 1 is 1.38 bits per heavy atom. The zero-order valence-electron chi connectivity index (χ0n) is 10.7. The first-order valence-electron chi connectivity index (χ1n) is 6.22. The molecular weight excluding hydrogens is 204 g/mol. The molecule has 0 saturated heterocycles. The van der Waals surface area contributed by atoms with Gasteiger partial charge in [0.15, 0.2) is 0 Å². The smallest absolute Gasteiger partial charge is 0.309 e. The fraction of sp³-hybridized carbons (Fsp3) is 0.846. The molecule has 1 aliphatic rings. The highest BCUT2D eigenvalue weighted by atomic mass is 16.5. The highest BCUT2D eigenvalue weighted by Crippen LogP contribution is 2.38. The van der Waals surface area contributed by atoms with E-state index in [9.17, 15) is 9.59 Å². The van der Waals surface area contributed by atoms with E-state index in [2.05, 4.69) is 0 Å². The van der Waals surface area contributed by atoms with E-state index in [0.29, 0.717) is 18.8 Å². The molecule has 0 aliphatic heterocycles. The van der Waals surface area contributed by atoms with E-state index in [1.807, 2.05) is 27.7 Å². The molecule has 0 spiro atoms. The third kappa shape index (κ3) is 2.45. The largest absolute Gasteiger partial charge is 0.466 e. The average molecular weight is 226 g/mol. The summed E-state index contributed by atoms with van der Waals surface area (Å²) in [6.45, 7) is 8.22. The van der Waals surface area contributed by atoms with Crippen LogP contribution in [0.1, 0.15) is 40.5 Å². The number of hydrogen-bond donors (Lipinski definition) is 0. The van der Waals surface area contributed by atoms with Crippen LogP contribution in [0.15, 0.2) is 0 Å². The number of ether oxygens (including phenoxy) is 1. The second kappa shape index (κ2) is 5.46. The fourth-order valence-corrected chi connectivity index (χ4v) is 2.94. The van der Waals surface area contributed by atoms with Gasteiger partial charge in [-0.1, -0.05) is 20.8 Å². The van der Waals surface area contributed by atoms with Crippen LogP contribution >= 0.6 is 0 Å². The maximum absolute atomic E-state index is 11.9. The number of hydrogen-bond acceptors (Lipinski definition) is 3. The molecular formula is C13H22O3. The predicted molar refractivity (Wildman–Crippen MR) is 61.9 cm³/mol. The van der Waals surface area contributed by atoms with E-state index in [4.69, 9.17) is 4.74 Å². The first kappa shape index (κ1) is 13.2. The summed E-state index contributed by atoms with van der Waals surface area (Å²) in [6, 6.07) is 0. The lowest BCUT2D eigenvalue weighted by Gasteiger charge is -2.37. The van der Waals surface area contributed by atoms with Crippen LogP contribution in [-0.4, -0.2) is 18.4 Å². The van der Waals surface area contributed by atoms with Crippen molar-refractivity contribution >= 4 is 11.8 Å². The summed E-state index contributed by atoms with van der Waals surface area (Å²) in [7, 11) is 0. The third-order valence-corrected chi connectivity index (χ3v) is 3.75. The summed E-state index contributed by atoms with van der Waals surface area (Å²) in [6.07, 6.45) is 1.34. The number of carbonyl (C=O) groups excluding carboxylic acids is 2. The molecule has 0 amide bonds. The van der Waals surface area contributed by atoms with Crippen molar-refractivity contribution in [2.45, 2.75) is 40.5 Å². The number of rotatable bonds is 3. The topological polar surface area (TPSA) is 43.4 Å². The molecule has 0 radical (unpaired) electrons.